The normalized spacial score (nSPS) is 10.2. The van der Waals surface area contributed by atoms with Crippen molar-refractivity contribution in [2.24, 2.45) is 0 Å². The lowest BCUT2D eigenvalue weighted by Gasteiger charge is -1.94. The highest BCUT2D eigenvalue weighted by molar-refractivity contribution is 9.10. The Kier molecular flexibility index (Phi) is 3.32. The molecule has 4 nitrogen and oxygen atoms in total. The maximum absolute atomic E-state index is 8.90. The smallest absolute Gasteiger partial charge is 0.258 e. The Morgan fingerprint density at radius 2 is 1.85 bits per heavy atom. The monoisotopic (exact) mass is 325 g/mol. The first-order valence-electron chi connectivity index (χ1n) is 5.86. The van der Waals surface area contributed by atoms with Crippen molar-refractivity contribution in [3.63, 3.8) is 0 Å². The van der Waals surface area contributed by atoms with E-state index in [1.165, 1.54) is 0 Å². The number of rotatable bonds is 2. The van der Waals surface area contributed by atoms with Crippen LogP contribution in [0.3, 0.4) is 0 Å². The van der Waals surface area contributed by atoms with Crippen LogP contribution in [0.4, 0.5) is 0 Å². The average molecular weight is 326 g/mol. The molecule has 0 aliphatic rings. The lowest BCUT2D eigenvalue weighted by molar-refractivity contribution is 0.432. The molecule has 0 saturated heterocycles. The molecule has 0 spiro atoms. The minimum Gasteiger partial charge on any atom is -0.334 e. The molecule has 0 aliphatic carbocycles. The van der Waals surface area contributed by atoms with Gasteiger partial charge >= 0.3 is 0 Å². The molecule has 2 aromatic carbocycles. The van der Waals surface area contributed by atoms with Crippen LogP contribution in [-0.2, 0) is 0 Å². The summed E-state index contributed by atoms with van der Waals surface area (Å²) in [6, 6.07) is 16.8. The second kappa shape index (κ2) is 5.27. The van der Waals surface area contributed by atoms with Gasteiger partial charge in [0.15, 0.2) is 0 Å². The Morgan fingerprint density at radius 1 is 1.05 bits per heavy atom. The van der Waals surface area contributed by atoms with Crippen molar-refractivity contribution >= 4 is 15.9 Å². The first-order valence-corrected chi connectivity index (χ1v) is 6.66. The van der Waals surface area contributed by atoms with Crippen LogP contribution in [0.2, 0.25) is 0 Å². The fourth-order valence-corrected chi connectivity index (χ4v) is 2.04. The van der Waals surface area contributed by atoms with E-state index in [1.807, 2.05) is 30.3 Å². The Hall–Kier alpha value is -2.45. The summed E-state index contributed by atoms with van der Waals surface area (Å²) in [5.74, 6) is 0.926. The van der Waals surface area contributed by atoms with Gasteiger partial charge in [-0.1, -0.05) is 27.2 Å². The standard InChI is InChI=1S/C15H8BrN3O/c16-13-6-4-11(5-7-13)14-18-15(20-19-14)12-3-1-2-10(8-12)9-17/h1-8H. The quantitative estimate of drug-likeness (QED) is 0.713. The molecular formula is C15H8BrN3O. The maximum atomic E-state index is 8.90. The first kappa shape index (κ1) is 12.6. The average Bonchev–Trinajstić information content (AvgIpc) is 2.98. The van der Waals surface area contributed by atoms with Crippen LogP contribution in [0.5, 0.6) is 0 Å². The predicted octanol–water partition coefficient (Wildman–Crippen LogP) is 4.04. The number of hydrogen-bond acceptors (Lipinski definition) is 4. The van der Waals surface area contributed by atoms with Gasteiger partial charge in [-0.3, -0.25) is 0 Å². The van der Waals surface area contributed by atoms with Crippen LogP contribution < -0.4 is 0 Å². The Morgan fingerprint density at radius 3 is 2.60 bits per heavy atom. The van der Waals surface area contributed by atoms with Gasteiger partial charge in [0.25, 0.3) is 5.89 Å². The largest absolute Gasteiger partial charge is 0.334 e. The Labute approximate surface area is 123 Å². The molecule has 0 saturated carbocycles. The van der Waals surface area contributed by atoms with E-state index in [0.717, 1.165) is 15.6 Å². The highest BCUT2D eigenvalue weighted by atomic mass is 79.9. The van der Waals surface area contributed by atoms with Crippen molar-refractivity contribution in [2.45, 2.75) is 0 Å². The van der Waals surface area contributed by atoms with Crippen molar-refractivity contribution in [3.8, 4) is 28.9 Å². The lowest BCUT2D eigenvalue weighted by Crippen LogP contribution is -1.82. The summed E-state index contributed by atoms with van der Waals surface area (Å²) in [5, 5.41) is 12.9. The molecule has 3 aromatic rings. The number of aromatic nitrogens is 2. The second-order valence-corrected chi connectivity index (χ2v) is 5.04. The van der Waals surface area contributed by atoms with Gasteiger partial charge in [-0.25, -0.2) is 0 Å². The van der Waals surface area contributed by atoms with Crippen LogP contribution >= 0.6 is 15.9 Å². The summed E-state index contributed by atoms with van der Waals surface area (Å²) < 4.78 is 6.24. The van der Waals surface area contributed by atoms with Crippen molar-refractivity contribution in [2.75, 3.05) is 0 Å². The van der Waals surface area contributed by atoms with Gasteiger partial charge in [0, 0.05) is 15.6 Å². The molecule has 1 heterocycles. The van der Waals surface area contributed by atoms with Gasteiger partial charge in [-0.15, -0.1) is 0 Å². The van der Waals surface area contributed by atoms with Gasteiger partial charge in [0.05, 0.1) is 11.6 Å². The van der Waals surface area contributed by atoms with Gasteiger partial charge in [0.2, 0.25) is 5.82 Å². The highest BCUT2D eigenvalue weighted by Gasteiger charge is 2.10. The summed E-state index contributed by atoms with van der Waals surface area (Å²) in [6.45, 7) is 0. The molecule has 1 aromatic heterocycles. The minimum absolute atomic E-state index is 0.403. The number of halogens is 1. The number of benzene rings is 2. The van der Waals surface area contributed by atoms with Crippen LogP contribution in [-0.4, -0.2) is 10.1 Å². The summed E-state index contributed by atoms with van der Waals surface area (Å²) in [7, 11) is 0. The summed E-state index contributed by atoms with van der Waals surface area (Å²) in [6.07, 6.45) is 0. The summed E-state index contributed by atoms with van der Waals surface area (Å²) in [5.41, 5.74) is 2.17. The molecule has 0 atom stereocenters. The molecule has 0 bridgehead atoms. The zero-order valence-corrected chi connectivity index (χ0v) is 11.8. The first-order chi connectivity index (χ1) is 9.76. The van der Waals surface area contributed by atoms with E-state index in [0.29, 0.717) is 17.3 Å². The number of hydrogen-bond donors (Lipinski definition) is 0. The fourth-order valence-electron chi connectivity index (χ4n) is 1.78. The second-order valence-electron chi connectivity index (χ2n) is 4.12. The van der Waals surface area contributed by atoms with Gasteiger partial charge in [0.1, 0.15) is 0 Å². The van der Waals surface area contributed by atoms with Gasteiger partial charge in [-0.05, 0) is 42.5 Å². The molecular weight excluding hydrogens is 318 g/mol. The van der Waals surface area contributed by atoms with E-state index in [2.05, 4.69) is 32.1 Å². The van der Waals surface area contributed by atoms with Crippen LogP contribution in [0.1, 0.15) is 5.56 Å². The van der Waals surface area contributed by atoms with Crippen LogP contribution in [0.15, 0.2) is 57.5 Å². The Bertz CT molecular complexity index is 787. The minimum atomic E-state index is 0.403. The number of nitrogens with zero attached hydrogens (tertiary/aromatic N) is 3. The Balaban J connectivity index is 1.97. The van der Waals surface area contributed by atoms with Gasteiger partial charge in [-0.2, -0.15) is 10.2 Å². The molecule has 0 amide bonds. The van der Waals surface area contributed by atoms with Crippen molar-refractivity contribution < 1.29 is 4.52 Å². The van der Waals surface area contributed by atoms with E-state index in [9.17, 15) is 0 Å². The molecule has 96 valence electrons. The SMILES string of the molecule is N#Cc1cccc(-c2nc(-c3ccc(Br)cc3)no2)c1. The van der Waals surface area contributed by atoms with E-state index in [4.69, 9.17) is 9.78 Å². The van der Waals surface area contributed by atoms with Crippen molar-refractivity contribution in [1.29, 1.82) is 5.26 Å². The zero-order valence-electron chi connectivity index (χ0n) is 10.2. The molecule has 0 N–H and O–H groups in total. The van der Waals surface area contributed by atoms with E-state index >= 15 is 0 Å². The zero-order chi connectivity index (χ0) is 13.9. The number of nitriles is 1. The third-order valence-electron chi connectivity index (χ3n) is 2.77. The molecule has 0 fully saturated rings. The summed E-state index contributed by atoms with van der Waals surface area (Å²) >= 11 is 3.38. The topological polar surface area (TPSA) is 62.7 Å². The molecule has 20 heavy (non-hydrogen) atoms. The lowest BCUT2D eigenvalue weighted by atomic mass is 10.1. The fraction of sp³-hybridized carbons (Fsp3) is 0. The summed E-state index contributed by atoms with van der Waals surface area (Å²) in [4.78, 5) is 4.35. The predicted molar refractivity (Wildman–Crippen MR) is 77.6 cm³/mol. The third-order valence-corrected chi connectivity index (χ3v) is 3.30. The third kappa shape index (κ3) is 2.46. The highest BCUT2D eigenvalue weighted by Crippen LogP contribution is 2.23. The van der Waals surface area contributed by atoms with E-state index in [-0.39, 0.29) is 0 Å². The van der Waals surface area contributed by atoms with Crippen LogP contribution in [0, 0.1) is 11.3 Å². The van der Waals surface area contributed by atoms with E-state index < -0.39 is 0 Å². The molecule has 5 heteroatoms. The molecule has 0 aliphatic heterocycles. The molecule has 0 radical (unpaired) electrons. The molecule has 0 unspecified atom stereocenters. The van der Waals surface area contributed by atoms with Crippen molar-refractivity contribution in [3.05, 3.63) is 58.6 Å². The van der Waals surface area contributed by atoms with Crippen molar-refractivity contribution in [1.82, 2.24) is 10.1 Å². The van der Waals surface area contributed by atoms with E-state index in [1.54, 1.807) is 18.2 Å². The van der Waals surface area contributed by atoms with Gasteiger partial charge < -0.3 is 4.52 Å². The molecule has 3 rings (SSSR count). The maximum Gasteiger partial charge on any atom is 0.258 e. The van der Waals surface area contributed by atoms with Crippen LogP contribution in [0.25, 0.3) is 22.8 Å².